The van der Waals surface area contributed by atoms with Gasteiger partial charge in [-0.05, 0) is 65.2 Å². The maximum Gasteiger partial charge on any atom is 0.310 e. The number of aromatic nitrogens is 3. The average molecular weight is 560 g/mol. The highest BCUT2D eigenvalue weighted by Crippen LogP contribution is 2.36. The zero-order valence-corrected chi connectivity index (χ0v) is 23.0. The van der Waals surface area contributed by atoms with Crippen LogP contribution in [0.2, 0.25) is 0 Å². The molecule has 4 heterocycles. The standard InChI is InChI=1S/C36H21N3O2S/c40-35-34-28(21-33(42-34)22-9-3-1-4-10-22)37-36-39(35)31-18-16-24(20-32(31)41-36)23-15-17-30-27(19-23)26-13-7-8-14-29(26)38(30)25-11-5-2-6-12-25/h1-21H. The van der Waals surface area contributed by atoms with Crippen molar-refractivity contribution in [2.24, 2.45) is 0 Å². The molecule has 9 aromatic rings. The molecular weight excluding hydrogens is 538 g/mol. The van der Waals surface area contributed by atoms with Crippen LogP contribution in [0.1, 0.15) is 0 Å². The Kier molecular flexibility index (Phi) is 4.86. The molecule has 0 saturated carbocycles. The van der Waals surface area contributed by atoms with Gasteiger partial charge in [-0.15, -0.1) is 11.3 Å². The van der Waals surface area contributed by atoms with Crippen LogP contribution >= 0.6 is 11.3 Å². The summed E-state index contributed by atoms with van der Waals surface area (Å²) in [6, 6.07) is 43.6. The second kappa shape index (κ2) is 8.77. The Labute approximate surface area is 243 Å². The number of thiophene rings is 1. The van der Waals surface area contributed by atoms with Crippen molar-refractivity contribution >= 4 is 60.3 Å². The lowest BCUT2D eigenvalue weighted by atomic mass is 10.0. The van der Waals surface area contributed by atoms with Crippen molar-refractivity contribution in [1.29, 1.82) is 0 Å². The maximum absolute atomic E-state index is 13.6. The molecule has 0 saturated heterocycles. The Bertz CT molecular complexity index is 2540. The van der Waals surface area contributed by atoms with Crippen molar-refractivity contribution in [3.8, 4) is 27.3 Å². The first-order valence-corrected chi connectivity index (χ1v) is 14.6. The van der Waals surface area contributed by atoms with Crippen molar-refractivity contribution in [1.82, 2.24) is 14.0 Å². The number of nitrogens with zero attached hydrogens (tertiary/aromatic N) is 3. The van der Waals surface area contributed by atoms with Gasteiger partial charge in [0.2, 0.25) is 0 Å². The molecule has 0 bridgehead atoms. The summed E-state index contributed by atoms with van der Waals surface area (Å²) < 4.78 is 10.7. The third-order valence-electron chi connectivity index (χ3n) is 8.00. The lowest BCUT2D eigenvalue weighted by Crippen LogP contribution is -2.11. The van der Waals surface area contributed by atoms with Crippen LogP contribution in [0.15, 0.2) is 137 Å². The fourth-order valence-electron chi connectivity index (χ4n) is 6.05. The molecule has 0 aliphatic carbocycles. The summed E-state index contributed by atoms with van der Waals surface area (Å²) in [7, 11) is 0. The fourth-order valence-corrected chi connectivity index (χ4v) is 7.08. The van der Waals surface area contributed by atoms with Crippen LogP contribution in [-0.4, -0.2) is 14.0 Å². The van der Waals surface area contributed by atoms with Crippen molar-refractivity contribution in [2.45, 2.75) is 0 Å². The first-order valence-electron chi connectivity index (χ1n) is 13.8. The van der Waals surface area contributed by atoms with E-state index in [-0.39, 0.29) is 5.56 Å². The van der Waals surface area contributed by atoms with Crippen LogP contribution in [0, 0.1) is 0 Å². The molecular formula is C36H21N3O2S. The quantitative estimate of drug-likeness (QED) is 0.217. The molecule has 0 spiro atoms. The number of hydrogen-bond acceptors (Lipinski definition) is 4. The minimum Gasteiger partial charge on any atom is -0.423 e. The first-order chi connectivity index (χ1) is 20.7. The highest BCUT2D eigenvalue weighted by molar-refractivity contribution is 7.22. The monoisotopic (exact) mass is 559 g/mol. The van der Waals surface area contributed by atoms with Crippen LogP contribution in [0.4, 0.5) is 0 Å². The van der Waals surface area contributed by atoms with Crippen molar-refractivity contribution in [3.63, 3.8) is 0 Å². The molecule has 6 heteroatoms. The summed E-state index contributed by atoms with van der Waals surface area (Å²) >= 11 is 1.47. The molecule has 5 nitrogen and oxygen atoms in total. The molecule has 0 atom stereocenters. The van der Waals surface area contributed by atoms with E-state index in [1.54, 1.807) is 4.40 Å². The molecule has 198 valence electrons. The molecule has 0 amide bonds. The highest BCUT2D eigenvalue weighted by Gasteiger charge is 2.18. The third-order valence-corrected chi connectivity index (χ3v) is 9.16. The Hall–Kier alpha value is -5.46. The Balaban J connectivity index is 1.20. The summed E-state index contributed by atoms with van der Waals surface area (Å²) in [4.78, 5) is 19.4. The second-order valence-electron chi connectivity index (χ2n) is 10.4. The SMILES string of the molecule is O=c1c2sc(-c3ccccc3)cc2nc2oc3cc(-c4ccc5c(c4)c4ccccc4n5-c4ccccc4)ccc3n12. The summed E-state index contributed by atoms with van der Waals surface area (Å²) in [5.41, 5.74) is 8.51. The van der Waals surface area contributed by atoms with E-state index in [4.69, 9.17) is 9.40 Å². The van der Waals surface area contributed by atoms with Crippen molar-refractivity contribution in [2.75, 3.05) is 0 Å². The topological polar surface area (TPSA) is 52.4 Å². The van der Waals surface area contributed by atoms with Crippen LogP contribution in [0.25, 0.3) is 76.2 Å². The number of fused-ring (bicyclic) bond motifs is 7. The molecule has 5 aromatic carbocycles. The van der Waals surface area contributed by atoms with E-state index in [2.05, 4.69) is 77.4 Å². The summed E-state index contributed by atoms with van der Waals surface area (Å²) in [5, 5.41) is 2.39. The van der Waals surface area contributed by atoms with Gasteiger partial charge < -0.3 is 8.98 Å². The van der Waals surface area contributed by atoms with Gasteiger partial charge in [-0.2, -0.15) is 4.98 Å². The molecule has 0 unspecified atom stereocenters. The Morgan fingerprint density at radius 2 is 1.31 bits per heavy atom. The van der Waals surface area contributed by atoms with E-state index in [1.807, 2.05) is 54.6 Å². The zero-order valence-electron chi connectivity index (χ0n) is 22.2. The normalized spacial score (nSPS) is 11.9. The molecule has 0 aliphatic rings. The number of rotatable bonds is 3. The number of para-hydroxylation sites is 2. The van der Waals surface area contributed by atoms with Crippen LogP contribution in [0.5, 0.6) is 0 Å². The van der Waals surface area contributed by atoms with Gasteiger partial charge in [0.15, 0.2) is 5.58 Å². The van der Waals surface area contributed by atoms with Gasteiger partial charge in [0.05, 0.1) is 22.1 Å². The molecule has 0 fully saturated rings. The zero-order chi connectivity index (χ0) is 27.8. The second-order valence-corrected chi connectivity index (χ2v) is 11.5. The average Bonchev–Trinajstić information content (AvgIpc) is 3.73. The van der Waals surface area contributed by atoms with Gasteiger partial charge in [-0.1, -0.05) is 78.9 Å². The number of hydrogen-bond donors (Lipinski definition) is 0. The van der Waals surface area contributed by atoms with Crippen LogP contribution in [-0.2, 0) is 0 Å². The van der Waals surface area contributed by atoms with Gasteiger partial charge >= 0.3 is 5.84 Å². The smallest absolute Gasteiger partial charge is 0.310 e. The maximum atomic E-state index is 13.6. The predicted octanol–water partition coefficient (Wildman–Crippen LogP) is 9.09. The first kappa shape index (κ1) is 23.3. The number of oxazole rings is 1. The molecule has 4 aromatic heterocycles. The third kappa shape index (κ3) is 3.36. The number of benzene rings is 5. The Morgan fingerprint density at radius 1 is 0.619 bits per heavy atom. The minimum absolute atomic E-state index is 0.108. The largest absolute Gasteiger partial charge is 0.423 e. The molecule has 0 aliphatic heterocycles. The van der Waals surface area contributed by atoms with E-state index in [1.165, 1.54) is 27.6 Å². The molecule has 0 radical (unpaired) electrons. The molecule has 42 heavy (non-hydrogen) atoms. The van der Waals surface area contributed by atoms with E-state index in [0.717, 1.165) is 32.8 Å². The van der Waals surface area contributed by atoms with Crippen LogP contribution < -0.4 is 5.56 Å². The van der Waals surface area contributed by atoms with Gasteiger partial charge in [0.1, 0.15) is 4.70 Å². The van der Waals surface area contributed by atoms with Crippen molar-refractivity contribution in [3.05, 3.63) is 138 Å². The van der Waals surface area contributed by atoms with Gasteiger partial charge in [0, 0.05) is 21.3 Å². The lowest BCUT2D eigenvalue weighted by molar-refractivity contribution is 0.637. The van der Waals surface area contributed by atoms with E-state index in [0.29, 0.717) is 27.2 Å². The highest BCUT2D eigenvalue weighted by atomic mass is 32.1. The minimum atomic E-state index is -0.108. The van der Waals surface area contributed by atoms with E-state index >= 15 is 0 Å². The molecule has 0 N–H and O–H groups in total. The van der Waals surface area contributed by atoms with Gasteiger partial charge in [-0.3, -0.25) is 4.79 Å². The predicted molar refractivity (Wildman–Crippen MR) is 172 cm³/mol. The Morgan fingerprint density at radius 3 is 2.14 bits per heavy atom. The van der Waals surface area contributed by atoms with E-state index in [9.17, 15) is 4.79 Å². The van der Waals surface area contributed by atoms with Crippen LogP contribution in [0.3, 0.4) is 0 Å². The van der Waals surface area contributed by atoms with Crippen molar-refractivity contribution < 1.29 is 4.42 Å². The molecule has 9 rings (SSSR count). The van der Waals surface area contributed by atoms with E-state index < -0.39 is 0 Å². The lowest BCUT2D eigenvalue weighted by Gasteiger charge is -2.08. The van der Waals surface area contributed by atoms with Gasteiger partial charge in [-0.25, -0.2) is 4.40 Å². The summed E-state index contributed by atoms with van der Waals surface area (Å²) in [6.45, 7) is 0. The fraction of sp³-hybridized carbons (Fsp3) is 0. The summed E-state index contributed by atoms with van der Waals surface area (Å²) in [6.07, 6.45) is 0. The van der Waals surface area contributed by atoms with Gasteiger partial charge in [0.25, 0.3) is 5.56 Å². The summed E-state index contributed by atoms with van der Waals surface area (Å²) in [5.74, 6) is 0.304.